The number of rotatable bonds is 7. The Morgan fingerprint density at radius 1 is 1.23 bits per heavy atom. The molecule has 8 nitrogen and oxygen atoms in total. The lowest BCUT2D eigenvalue weighted by molar-refractivity contribution is -0.111. The average molecular weight is 473 g/mol. The minimum atomic E-state index is -0.333. The van der Waals surface area contributed by atoms with E-state index in [0.29, 0.717) is 28.6 Å². The largest absolute Gasteiger partial charge is 0.487 e. The SMILES string of the molecule is C=CC(=O)Nc1cc(Nc2ncc3ccc(-c4cccc(F)c4)n3n2)ccc1OC1CCN(C)C1. The summed E-state index contributed by atoms with van der Waals surface area (Å²) in [6.45, 7) is 5.33. The topological polar surface area (TPSA) is 83.8 Å². The second-order valence-corrected chi connectivity index (χ2v) is 8.47. The van der Waals surface area contributed by atoms with Crippen LogP contribution in [0.5, 0.6) is 5.75 Å². The summed E-state index contributed by atoms with van der Waals surface area (Å²) in [5, 5.41) is 10.6. The number of hydrogen-bond acceptors (Lipinski definition) is 6. The maximum atomic E-state index is 13.8. The summed E-state index contributed by atoms with van der Waals surface area (Å²) < 4.78 is 21.6. The molecule has 9 heteroatoms. The third-order valence-electron chi connectivity index (χ3n) is 5.84. The van der Waals surface area contributed by atoms with Crippen LogP contribution in [0.25, 0.3) is 16.8 Å². The molecule has 178 valence electrons. The minimum Gasteiger partial charge on any atom is -0.487 e. The Kier molecular flexibility index (Phi) is 6.15. The van der Waals surface area contributed by atoms with Gasteiger partial charge >= 0.3 is 0 Å². The van der Waals surface area contributed by atoms with Crippen molar-refractivity contribution >= 4 is 28.7 Å². The van der Waals surface area contributed by atoms with Crippen molar-refractivity contribution in [1.82, 2.24) is 19.5 Å². The maximum Gasteiger partial charge on any atom is 0.247 e. The molecule has 2 N–H and O–H groups in total. The number of nitrogens with zero attached hydrogens (tertiary/aromatic N) is 4. The number of carbonyl (C=O) groups excluding carboxylic acids is 1. The monoisotopic (exact) mass is 472 g/mol. The van der Waals surface area contributed by atoms with Crippen LogP contribution in [-0.4, -0.2) is 51.6 Å². The molecule has 0 spiro atoms. The van der Waals surface area contributed by atoms with Gasteiger partial charge in [0.1, 0.15) is 17.7 Å². The first-order valence-corrected chi connectivity index (χ1v) is 11.3. The molecule has 1 aliphatic rings. The van der Waals surface area contributed by atoms with Crippen LogP contribution in [0.4, 0.5) is 21.7 Å². The van der Waals surface area contributed by atoms with E-state index in [-0.39, 0.29) is 17.8 Å². The van der Waals surface area contributed by atoms with E-state index in [0.717, 1.165) is 30.7 Å². The Balaban J connectivity index is 1.43. The quantitative estimate of drug-likeness (QED) is 0.386. The second-order valence-electron chi connectivity index (χ2n) is 8.47. The number of benzene rings is 2. The number of anilines is 3. The molecule has 0 bridgehead atoms. The molecule has 0 saturated carbocycles. The Morgan fingerprint density at radius 3 is 2.89 bits per heavy atom. The van der Waals surface area contributed by atoms with Gasteiger partial charge in [-0.1, -0.05) is 18.7 Å². The highest BCUT2D eigenvalue weighted by Gasteiger charge is 2.22. The van der Waals surface area contributed by atoms with Crippen LogP contribution in [0.3, 0.4) is 0 Å². The number of ether oxygens (including phenoxy) is 1. The van der Waals surface area contributed by atoms with Crippen LogP contribution in [-0.2, 0) is 4.79 Å². The molecule has 1 atom stereocenters. The van der Waals surface area contributed by atoms with E-state index in [4.69, 9.17) is 4.74 Å². The number of likely N-dealkylation sites (N-methyl/N-ethyl adjacent to an activating group) is 1. The molecule has 0 radical (unpaired) electrons. The zero-order chi connectivity index (χ0) is 24.4. The lowest BCUT2D eigenvalue weighted by Crippen LogP contribution is -2.22. The highest BCUT2D eigenvalue weighted by Crippen LogP contribution is 2.31. The number of halogens is 1. The summed E-state index contributed by atoms with van der Waals surface area (Å²) in [6.07, 6.45) is 3.87. The third-order valence-corrected chi connectivity index (χ3v) is 5.84. The standard InChI is InChI=1S/C26H25FN6O2/c1-3-25(34)30-22-14-19(7-10-24(22)35-21-11-12-32(2)16-21)29-26-28-15-20-8-9-23(33(20)31-26)17-5-4-6-18(27)13-17/h3-10,13-15,21H,1,11-12,16H2,2H3,(H,29,31)(H,30,34). The number of amides is 1. The first-order chi connectivity index (χ1) is 17.0. The molecule has 1 aliphatic heterocycles. The van der Waals surface area contributed by atoms with Crippen LogP contribution in [0.2, 0.25) is 0 Å². The fourth-order valence-corrected chi connectivity index (χ4v) is 4.12. The first kappa shape index (κ1) is 22.5. The van der Waals surface area contributed by atoms with Crippen molar-refractivity contribution in [3.8, 4) is 17.0 Å². The highest BCUT2D eigenvalue weighted by molar-refractivity contribution is 6.00. The number of carbonyl (C=O) groups is 1. The first-order valence-electron chi connectivity index (χ1n) is 11.3. The van der Waals surface area contributed by atoms with Gasteiger partial charge in [0, 0.05) is 24.3 Å². The Labute approximate surface area is 202 Å². The van der Waals surface area contributed by atoms with Crippen LogP contribution >= 0.6 is 0 Å². The van der Waals surface area contributed by atoms with Crippen LogP contribution in [0.15, 0.2) is 73.4 Å². The number of likely N-dealkylation sites (tertiary alicyclic amines) is 1. The molecule has 5 rings (SSSR count). The molecule has 35 heavy (non-hydrogen) atoms. The van der Waals surface area contributed by atoms with Gasteiger partial charge in [-0.05, 0) is 62.0 Å². The van der Waals surface area contributed by atoms with Crippen molar-refractivity contribution in [3.05, 3.63) is 79.3 Å². The average Bonchev–Trinajstić information content (AvgIpc) is 3.46. The Hall–Kier alpha value is -4.24. The van der Waals surface area contributed by atoms with Gasteiger partial charge in [-0.15, -0.1) is 5.10 Å². The Morgan fingerprint density at radius 2 is 2.11 bits per heavy atom. The van der Waals surface area contributed by atoms with Crippen molar-refractivity contribution in [2.75, 3.05) is 30.8 Å². The Bertz CT molecular complexity index is 1400. The summed E-state index contributed by atoms with van der Waals surface area (Å²) in [7, 11) is 2.05. The van der Waals surface area contributed by atoms with Gasteiger partial charge in [0.05, 0.1) is 23.1 Å². The molecule has 2 aromatic carbocycles. The molecule has 1 fully saturated rings. The van der Waals surface area contributed by atoms with E-state index in [1.54, 1.807) is 22.8 Å². The van der Waals surface area contributed by atoms with Crippen molar-refractivity contribution < 1.29 is 13.9 Å². The van der Waals surface area contributed by atoms with Gasteiger partial charge in [-0.3, -0.25) is 4.79 Å². The third kappa shape index (κ3) is 4.99. The van der Waals surface area contributed by atoms with E-state index in [2.05, 4.69) is 39.2 Å². The number of fused-ring (bicyclic) bond motifs is 1. The number of nitrogens with one attached hydrogen (secondary N) is 2. The predicted octanol–water partition coefficient (Wildman–Crippen LogP) is 4.49. The van der Waals surface area contributed by atoms with E-state index in [9.17, 15) is 9.18 Å². The van der Waals surface area contributed by atoms with Gasteiger partial charge in [0.2, 0.25) is 11.9 Å². The van der Waals surface area contributed by atoms with E-state index in [1.165, 1.54) is 18.2 Å². The molecule has 3 heterocycles. The lowest BCUT2D eigenvalue weighted by Gasteiger charge is -2.18. The second kappa shape index (κ2) is 9.55. The van der Waals surface area contributed by atoms with E-state index in [1.807, 2.05) is 30.3 Å². The van der Waals surface area contributed by atoms with Gasteiger partial charge in [-0.25, -0.2) is 13.9 Å². The molecule has 1 saturated heterocycles. The van der Waals surface area contributed by atoms with Crippen LogP contribution in [0, 0.1) is 5.82 Å². The van der Waals surface area contributed by atoms with Gasteiger partial charge < -0.3 is 20.3 Å². The summed E-state index contributed by atoms with van der Waals surface area (Å²) in [5.74, 6) is 0.283. The normalized spacial score (nSPS) is 15.8. The zero-order valence-corrected chi connectivity index (χ0v) is 19.2. The van der Waals surface area contributed by atoms with E-state index >= 15 is 0 Å². The van der Waals surface area contributed by atoms with Crippen LogP contribution in [0.1, 0.15) is 6.42 Å². The zero-order valence-electron chi connectivity index (χ0n) is 19.2. The van der Waals surface area contributed by atoms with Crippen molar-refractivity contribution in [3.63, 3.8) is 0 Å². The van der Waals surface area contributed by atoms with Crippen molar-refractivity contribution in [1.29, 1.82) is 0 Å². The van der Waals surface area contributed by atoms with Gasteiger partial charge in [-0.2, -0.15) is 0 Å². The fourth-order valence-electron chi connectivity index (χ4n) is 4.12. The molecule has 2 aromatic heterocycles. The summed E-state index contributed by atoms with van der Waals surface area (Å²) in [6, 6.07) is 15.5. The van der Waals surface area contributed by atoms with Gasteiger partial charge in [0.15, 0.2) is 0 Å². The van der Waals surface area contributed by atoms with E-state index < -0.39 is 0 Å². The fraction of sp³-hybridized carbons (Fsp3) is 0.192. The molecular weight excluding hydrogens is 447 g/mol. The smallest absolute Gasteiger partial charge is 0.247 e. The predicted molar refractivity (Wildman–Crippen MR) is 133 cm³/mol. The molecule has 1 amide bonds. The number of aromatic nitrogens is 3. The minimum absolute atomic E-state index is 0.0546. The van der Waals surface area contributed by atoms with Gasteiger partial charge in [0.25, 0.3) is 0 Å². The maximum absolute atomic E-state index is 13.8. The molecule has 0 aliphatic carbocycles. The van der Waals surface area contributed by atoms with Crippen LogP contribution < -0.4 is 15.4 Å². The summed E-state index contributed by atoms with van der Waals surface area (Å²) >= 11 is 0. The molecule has 4 aromatic rings. The highest BCUT2D eigenvalue weighted by atomic mass is 19.1. The number of hydrogen-bond donors (Lipinski definition) is 2. The molecular formula is C26H25FN6O2. The van der Waals surface area contributed by atoms with Crippen molar-refractivity contribution in [2.45, 2.75) is 12.5 Å². The molecule has 1 unspecified atom stereocenters. The van der Waals surface area contributed by atoms with Crippen molar-refractivity contribution in [2.24, 2.45) is 0 Å². The summed E-state index contributed by atoms with van der Waals surface area (Å²) in [5.41, 5.74) is 3.42. The lowest BCUT2D eigenvalue weighted by atomic mass is 10.1. The summed E-state index contributed by atoms with van der Waals surface area (Å²) in [4.78, 5) is 18.6.